The number of hydrogen-bond donors (Lipinski definition) is 9. The molecule has 0 saturated heterocycles. The number of rotatable bonds is 7. The Kier molecular flexibility index (Phi) is 37.4. The molecule has 4 atom stereocenters. The van der Waals surface area contributed by atoms with E-state index in [1.807, 2.05) is 0 Å². The van der Waals surface area contributed by atoms with Gasteiger partial charge in [0.25, 0.3) is 0 Å². The van der Waals surface area contributed by atoms with Gasteiger partial charge in [-0.2, -0.15) is 0 Å². The van der Waals surface area contributed by atoms with E-state index in [2.05, 4.69) is 0 Å². The van der Waals surface area contributed by atoms with Crippen LogP contribution in [0.3, 0.4) is 0 Å². The van der Waals surface area contributed by atoms with Crippen LogP contribution in [0.4, 0.5) is 0 Å². The molecule has 0 radical (unpaired) electrons. The first-order chi connectivity index (χ1) is 12.5. The molecule has 0 aliphatic heterocycles. The zero-order valence-corrected chi connectivity index (χ0v) is 20.2. The van der Waals surface area contributed by atoms with Crippen LogP contribution in [0.15, 0.2) is 0 Å². The van der Waals surface area contributed by atoms with E-state index < -0.39 is 52.9 Å². The summed E-state index contributed by atoms with van der Waals surface area (Å²) < 4.78 is 32.8. The molecule has 19 heteroatoms. The van der Waals surface area contributed by atoms with Crippen molar-refractivity contribution in [2.75, 3.05) is 19.8 Å². The second kappa shape index (κ2) is 25.5. The molecule has 0 rings (SSSR count). The number of aliphatic carboxylic acids is 2. The van der Waals surface area contributed by atoms with Crippen molar-refractivity contribution in [2.24, 2.45) is 0 Å². The van der Waals surface area contributed by atoms with Crippen LogP contribution in [0, 0.1) is 0 Å². The quantitative estimate of drug-likeness (QED) is 0.0907. The summed E-state index contributed by atoms with van der Waals surface area (Å²) in [5, 5.41) is 86.3. The van der Waals surface area contributed by atoms with Gasteiger partial charge in [-0.3, -0.25) is 4.55 Å². The van der Waals surface area contributed by atoms with Crippen LogP contribution in [-0.4, -0.2) is 144 Å². The van der Waals surface area contributed by atoms with Crippen LogP contribution in [0.25, 0.3) is 0 Å². The van der Waals surface area contributed by atoms with Gasteiger partial charge in [0.05, 0.1) is 25.2 Å². The molecule has 4 unspecified atom stereocenters. The van der Waals surface area contributed by atoms with Gasteiger partial charge in [-0.05, 0) is 6.92 Å². The molecule has 9 N–H and O–H groups in total. The number of carbonyl (C=O) groups is 2. The van der Waals surface area contributed by atoms with Crippen molar-refractivity contribution in [3.05, 3.63) is 0 Å². The Balaban J connectivity index is -0.0000000753. The van der Waals surface area contributed by atoms with Crippen LogP contribution >= 0.6 is 0 Å². The number of aliphatic hydroxyl groups excluding tert-OH is 8. The number of carbonyl (C=O) groups excluding carboxylic acids is 2. The third-order valence-electron chi connectivity index (χ3n) is 1.90. The van der Waals surface area contributed by atoms with Crippen LogP contribution in [0.2, 0.25) is 0 Å². The Bertz CT molecular complexity index is 469. The molecule has 0 bridgehead atoms. The Hall–Kier alpha value is 0.256. The Morgan fingerprint density at radius 3 is 1.07 bits per heavy atom. The van der Waals surface area contributed by atoms with Gasteiger partial charge in [0.1, 0.15) is 30.5 Å². The molecule has 0 heterocycles. The number of hydrogen-bond acceptors (Lipinski definition) is 15. The summed E-state index contributed by atoms with van der Waals surface area (Å²) in [6, 6.07) is 0. The molecule has 16 nitrogen and oxygen atoms in total. The third kappa shape index (κ3) is 35.7. The number of carboxylic acids is 2. The molecule has 0 aromatic carbocycles. The van der Waals surface area contributed by atoms with Crippen molar-refractivity contribution >= 4 is 45.4 Å². The fraction of sp³-hybridized carbons (Fsp3) is 0.818. The summed E-state index contributed by atoms with van der Waals surface area (Å²) in [7, 11) is -4.92. The SMILES string of the molecule is CCO.O=C([O-])C(O)C(O)C(O)C(O)C(=O)[O-].O=S(=O)([O-])O.OCC(O)CO.[Mg+2].[Na+]. The fourth-order valence-corrected chi connectivity index (χ4v) is 0.710. The van der Waals surface area contributed by atoms with Crippen LogP contribution in [0.1, 0.15) is 6.92 Å². The second-order valence-corrected chi connectivity index (χ2v) is 5.13. The molecule has 0 aliphatic carbocycles. The van der Waals surface area contributed by atoms with E-state index in [1.165, 1.54) is 0 Å². The second-order valence-electron chi connectivity index (χ2n) is 4.27. The van der Waals surface area contributed by atoms with Crippen molar-refractivity contribution in [1.82, 2.24) is 0 Å². The van der Waals surface area contributed by atoms with Gasteiger partial charge in [0.15, 0.2) is 0 Å². The maximum absolute atomic E-state index is 9.96. The Morgan fingerprint density at radius 1 is 0.833 bits per heavy atom. The first kappa shape index (κ1) is 44.0. The zero-order chi connectivity index (χ0) is 23.7. The Morgan fingerprint density at radius 2 is 1.00 bits per heavy atom. The van der Waals surface area contributed by atoms with Gasteiger partial charge < -0.3 is 65.2 Å². The van der Waals surface area contributed by atoms with E-state index in [0.29, 0.717) is 0 Å². The van der Waals surface area contributed by atoms with E-state index in [9.17, 15) is 19.8 Å². The molecule has 0 fully saturated rings. The van der Waals surface area contributed by atoms with Crippen molar-refractivity contribution < 1.29 is 108 Å². The van der Waals surface area contributed by atoms with Crippen molar-refractivity contribution in [3.63, 3.8) is 0 Å². The van der Waals surface area contributed by atoms with Gasteiger partial charge in [-0.15, -0.1) is 0 Å². The molecule has 0 aromatic heterocycles. The van der Waals surface area contributed by atoms with Crippen molar-refractivity contribution in [1.29, 1.82) is 0 Å². The molecule has 172 valence electrons. The summed E-state index contributed by atoms with van der Waals surface area (Å²) in [4.78, 5) is 19.9. The van der Waals surface area contributed by atoms with Gasteiger partial charge in [0.2, 0.25) is 10.4 Å². The fourth-order valence-electron chi connectivity index (χ4n) is 0.710. The molecule has 0 aromatic rings. The average Bonchev–Trinajstić information content (AvgIpc) is 2.57. The van der Waals surface area contributed by atoms with E-state index in [-0.39, 0.29) is 72.4 Å². The summed E-state index contributed by atoms with van der Waals surface area (Å²) in [5.74, 6) is -4.22. The summed E-state index contributed by atoms with van der Waals surface area (Å²) in [5.41, 5.74) is 0. The molecule has 0 saturated carbocycles. The van der Waals surface area contributed by atoms with E-state index in [0.717, 1.165) is 0 Å². The minimum absolute atomic E-state index is 0. The monoisotopic (exact) mass is 490 g/mol. The maximum Gasteiger partial charge on any atom is 2.00 e. The van der Waals surface area contributed by atoms with Gasteiger partial charge in [-0.25, -0.2) is 8.42 Å². The van der Waals surface area contributed by atoms with Gasteiger partial charge >= 0.3 is 52.6 Å². The average molecular weight is 491 g/mol. The van der Waals surface area contributed by atoms with Crippen LogP contribution < -0.4 is 39.8 Å². The number of carboxylic acid groups (broad SMARTS) is 2. The van der Waals surface area contributed by atoms with Crippen LogP contribution in [0.5, 0.6) is 0 Å². The minimum Gasteiger partial charge on any atom is -0.726 e. The molecular weight excluding hydrogens is 467 g/mol. The molecule has 0 aliphatic rings. The van der Waals surface area contributed by atoms with E-state index in [4.69, 9.17) is 58.4 Å². The minimum atomic E-state index is -4.92. The van der Waals surface area contributed by atoms with E-state index >= 15 is 0 Å². The number of aliphatic hydroxyl groups is 8. The first-order valence-electron chi connectivity index (χ1n) is 6.84. The van der Waals surface area contributed by atoms with Gasteiger partial charge in [0, 0.05) is 6.61 Å². The first-order valence-corrected chi connectivity index (χ1v) is 8.20. The smallest absolute Gasteiger partial charge is 0.726 e. The predicted molar refractivity (Wildman–Crippen MR) is 85.1 cm³/mol. The van der Waals surface area contributed by atoms with E-state index in [1.54, 1.807) is 6.92 Å². The molecule has 0 spiro atoms. The largest absolute Gasteiger partial charge is 2.00 e. The molecular formula is C11H23MgNaO16S. The predicted octanol–water partition coefficient (Wildman–Crippen LogP) is -12.1. The standard InChI is InChI=1S/C6H10O8.C3H8O3.C2H6O.Mg.Na.H2O4S/c7-1(3(9)5(11)12)2(8)4(10)6(13)14;4-1-3(6)2-5;1-2-3;;;1-5(2,3)4/h1-4,7-10H,(H,11,12)(H,13,14);3-6H,1-2H2;3H,2H2,1H3;;;(H2,1,2,3,4)/q;;;+2;+1;/p-3. The van der Waals surface area contributed by atoms with Crippen molar-refractivity contribution in [2.45, 2.75) is 37.4 Å². The van der Waals surface area contributed by atoms with Gasteiger partial charge in [-0.1, -0.05) is 0 Å². The topological polar surface area (TPSA) is 320 Å². The third-order valence-corrected chi connectivity index (χ3v) is 1.90. The summed E-state index contributed by atoms with van der Waals surface area (Å²) >= 11 is 0. The van der Waals surface area contributed by atoms with Crippen LogP contribution in [-0.2, 0) is 20.0 Å². The maximum atomic E-state index is 9.96. The zero-order valence-electron chi connectivity index (χ0n) is 16.0. The summed E-state index contributed by atoms with van der Waals surface area (Å²) in [6.45, 7) is 1.20. The molecule has 30 heavy (non-hydrogen) atoms. The summed E-state index contributed by atoms with van der Waals surface area (Å²) in [6.07, 6.45) is -10.7. The normalized spacial score (nSPS) is 13.6. The Labute approximate surface area is 209 Å². The molecule has 0 amide bonds. The van der Waals surface area contributed by atoms with Crippen molar-refractivity contribution in [3.8, 4) is 0 Å².